The van der Waals surface area contributed by atoms with Gasteiger partial charge in [-0.1, -0.05) is 30.3 Å². The Hall–Kier alpha value is -4.27. The third-order valence-electron chi connectivity index (χ3n) is 5.98. The van der Waals surface area contributed by atoms with Gasteiger partial charge in [0.25, 0.3) is 11.5 Å². The first-order valence-corrected chi connectivity index (χ1v) is 11.4. The predicted octanol–water partition coefficient (Wildman–Crippen LogP) is 2.71. The molecule has 0 aliphatic carbocycles. The number of piperazine rings is 1. The molecule has 1 aliphatic heterocycles. The van der Waals surface area contributed by atoms with Crippen LogP contribution in [0.4, 0.5) is 10.2 Å². The Kier molecular flexibility index (Phi) is 6.38. The maximum absolute atomic E-state index is 13.5. The zero-order valence-corrected chi connectivity index (χ0v) is 19.0. The average molecular weight is 474 g/mol. The fourth-order valence-corrected chi connectivity index (χ4v) is 4.12. The van der Waals surface area contributed by atoms with E-state index < -0.39 is 0 Å². The maximum Gasteiger partial charge on any atom is 0.295 e. The molecular formula is C26H24FN5O3. The van der Waals surface area contributed by atoms with Crippen molar-refractivity contribution in [1.82, 2.24) is 19.4 Å². The van der Waals surface area contributed by atoms with E-state index in [1.165, 1.54) is 24.3 Å². The Morgan fingerprint density at radius 2 is 1.69 bits per heavy atom. The molecule has 4 aromatic rings. The van der Waals surface area contributed by atoms with E-state index in [2.05, 4.69) is 9.97 Å². The van der Waals surface area contributed by atoms with Gasteiger partial charge in [-0.05, 0) is 42.0 Å². The van der Waals surface area contributed by atoms with E-state index in [4.69, 9.17) is 4.74 Å². The van der Waals surface area contributed by atoms with Crippen molar-refractivity contribution in [1.29, 1.82) is 0 Å². The molecule has 35 heavy (non-hydrogen) atoms. The molecule has 0 N–H and O–H groups in total. The number of aromatic nitrogens is 3. The van der Waals surface area contributed by atoms with E-state index in [0.717, 1.165) is 5.56 Å². The van der Waals surface area contributed by atoms with Crippen LogP contribution in [0.1, 0.15) is 5.56 Å². The fourth-order valence-electron chi connectivity index (χ4n) is 4.12. The molecule has 0 radical (unpaired) electrons. The van der Waals surface area contributed by atoms with Gasteiger partial charge in [0, 0.05) is 32.4 Å². The molecule has 2 aromatic carbocycles. The van der Waals surface area contributed by atoms with E-state index in [0.29, 0.717) is 55.5 Å². The highest BCUT2D eigenvalue weighted by atomic mass is 19.1. The zero-order valence-electron chi connectivity index (χ0n) is 19.0. The SMILES string of the molecule is O=C(COc1ccc(F)cc1)N1CCN(c2nc3cccnc3n(Cc3ccccc3)c2=O)CC1. The van der Waals surface area contributed by atoms with E-state index in [9.17, 15) is 14.0 Å². The van der Waals surface area contributed by atoms with Gasteiger partial charge in [-0.3, -0.25) is 14.2 Å². The summed E-state index contributed by atoms with van der Waals surface area (Å²) < 4.78 is 20.2. The number of nitrogens with zero attached hydrogens (tertiary/aromatic N) is 5. The number of amides is 1. The van der Waals surface area contributed by atoms with Crippen molar-refractivity contribution in [2.24, 2.45) is 0 Å². The molecule has 0 spiro atoms. The highest BCUT2D eigenvalue weighted by Gasteiger charge is 2.25. The molecule has 0 atom stereocenters. The molecule has 1 amide bonds. The molecule has 178 valence electrons. The molecule has 0 bridgehead atoms. The average Bonchev–Trinajstić information content (AvgIpc) is 2.90. The standard InChI is InChI=1S/C26H24FN5O3/c27-20-8-10-21(11-9-20)35-18-23(33)30-13-15-31(16-14-30)25-26(34)32(17-19-5-2-1-3-6-19)24-22(29-25)7-4-12-28-24/h1-12H,13-18H2. The zero-order chi connectivity index (χ0) is 24.2. The molecule has 2 aromatic heterocycles. The van der Waals surface area contributed by atoms with E-state index in [1.807, 2.05) is 41.3 Å². The Labute approximate surface area is 201 Å². The molecule has 0 saturated carbocycles. The summed E-state index contributed by atoms with van der Waals surface area (Å²) in [5, 5.41) is 0. The minimum absolute atomic E-state index is 0.130. The number of carbonyl (C=O) groups excluding carboxylic acids is 1. The Bertz CT molecular complexity index is 1380. The summed E-state index contributed by atoms with van der Waals surface area (Å²) >= 11 is 0. The number of carbonyl (C=O) groups is 1. The first-order chi connectivity index (χ1) is 17.1. The number of hydrogen-bond donors (Lipinski definition) is 0. The van der Waals surface area contributed by atoms with Crippen molar-refractivity contribution in [2.45, 2.75) is 6.54 Å². The third kappa shape index (κ3) is 4.98. The Morgan fingerprint density at radius 3 is 2.43 bits per heavy atom. The second kappa shape index (κ2) is 9.92. The van der Waals surface area contributed by atoms with Gasteiger partial charge < -0.3 is 14.5 Å². The first-order valence-electron chi connectivity index (χ1n) is 11.4. The van der Waals surface area contributed by atoms with Crippen LogP contribution in [-0.2, 0) is 11.3 Å². The number of fused-ring (bicyclic) bond motifs is 1. The molecule has 0 unspecified atom stereocenters. The third-order valence-corrected chi connectivity index (χ3v) is 5.98. The van der Waals surface area contributed by atoms with Crippen LogP contribution in [0.3, 0.4) is 0 Å². The number of rotatable bonds is 6. The highest BCUT2D eigenvalue weighted by molar-refractivity contribution is 5.78. The number of pyridine rings is 1. The van der Waals surface area contributed by atoms with Crippen molar-refractivity contribution in [3.05, 3.63) is 94.7 Å². The van der Waals surface area contributed by atoms with Crippen molar-refractivity contribution in [3.8, 4) is 5.75 Å². The topological polar surface area (TPSA) is 80.6 Å². The minimum atomic E-state index is -0.360. The summed E-state index contributed by atoms with van der Waals surface area (Å²) in [6.07, 6.45) is 1.66. The normalized spacial score (nSPS) is 13.7. The minimum Gasteiger partial charge on any atom is -0.484 e. The van der Waals surface area contributed by atoms with Gasteiger partial charge in [0.1, 0.15) is 17.1 Å². The number of hydrogen-bond acceptors (Lipinski definition) is 6. The lowest BCUT2D eigenvalue weighted by Gasteiger charge is -2.35. The molecule has 9 heteroatoms. The van der Waals surface area contributed by atoms with E-state index >= 15 is 0 Å². The highest BCUT2D eigenvalue weighted by Crippen LogP contribution is 2.16. The van der Waals surface area contributed by atoms with Crippen LogP contribution in [0.15, 0.2) is 77.7 Å². The summed E-state index contributed by atoms with van der Waals surface area (Å²) in [5.41, 5.74) is 1.97. The van der Waals surface area contributed by atoms with Gasteiger partial charge in [0.05, 0.1) is 6.54 Å². The van der Waals surface area contributed by atoms with Crippen LogP contribution in [0.25, 0.3) is 11.2 Å². The molecule has 1 aliphatic rings. The second-order valence-electron chi connectivity index (χ2n) is 8.27. The summed E-state index contributed by atoms with van der Waals surface area (Å²) in [6, 6.07) is 19.0. The molecule has 5 rings (SSSR count). The molecule has 1 saturated heterocycles. The van der Waals surface area contributed by atoms with Crippen LogP contribution < -0.4 is 15.2 Å². The fraction of sp³-hybridized carbons (Fsp3) is 0.231. The number of ether oxygens (including phenoxy) is 1. The first kappa shape index (κ1) is 22.5. The second-order valence-corrected chi connectivity index (χ2v) is 8.27. The quantitative estimate of drug-likeness (QED) is 0.429. The van der Waals surface area contributed by atoms with Gasteiger partial charge in [0.2, 0.25) is 0 Å². The van der Waals surface area contributed by atoms with Crippen LogP contribution in [0.5, 0.6) is 5.75 Å². The summed E-state index contributed by atoms with van der Waals surface area (Å²) in [4.78, 5) is 38.7. The lowest BCUT2D eigenvalue weighted by molar-refractivity contribution is -0.133. The van der Waals surface area contributed by atoms with Crippen molar-refractivity contribution in [3.63, 3.8) is 0 Å². The van der Waals surface area contributed by atoms with E-state index in [-0.39, 0.29) is 23.9 Å². The smallest absolute Gasteiger partial charge is 0.295 e. The van der Waals surface area contributed by atoms with Crippen LogP contribution in [-0.4, -0.2) is 58.1 Å². The maximum atomic E-state index is 13.5. The number of anilines is 1. The lowest BCUT2D eigenvalue weighted by atomic mass is 10.2. The summed E-state index contributed by atoms with van der Waals surface area (Å²) in [6.45, 7) is 2.09. The molecular weight excluding hydrogens is 449 g/mol. The number of benzene rings is 2. The predicted molar refractivity (Wildman–Crippen MR) is 130 cm³/mol. The van der Waals surface area contributed by atoms with Gasteiger partial charge >= 0.3 is 0 Å². The summed E-state index contributed by atoms with van der Waals surface area (Å²) in [7, 11) is 0. The van der Waals surface area contributed by atoms with Crippen molar-refractivity contribution in [2.75, 3.05) is 37.7 Å². The van der Waals surface area contributed by atoms with Crippen molar-refractivity contribution >= 4 is 22.9 Å². The van der Waals surface area contributed by atoms with Crippen LogP contribution in [0.2, 0.25) is 0 Å². The van der Waals surface area contributed by atoms with E-state index in [1.54, 1.807) is 21.7 Å². The van der Waals surface area contributed by atoms with Crippen LogP contribution in [0, 0.1) is 5.82 Å². The lowest BCUT2D eigenvalue weighted by Crippen LogP contribution is -2.51. The van der Waals surface area contributed by atoms with Crippen LogP contribution >= 0.6 is 0 Å². The van der Waals surface area contributed by atoms with Gasteiger partial charge in [-0.15, -0.1) is 0 Å². The molecule has 8 nitrogen and oxygen atoms in total. The largest absolute Gasteiger partial charge is 0.484 e. The Balaban J connectivity index is 1.30. The monoisotopic (exact) mass is 473 g/mol. The van der Waals surface area contributed by atoms with Crippen molar-refractivity contribution < 1.29 is 13.9 Å². The van der Waals surface area contributed by atoms with Gasteiger partial charge in [-0.2, -0.15) is 0 Å². The Morgan fingerprint density at radius 1 is 0.943 bits per heavy atom. The van der Waals surface area contributed by atoms with Gasteiger partial charge in [0.15, 0.2) is 18.1 Å². The molecule has 1 fully saturated rings. The summed E-state index contributed by atoms with van der Waals surface area (Å²) in [5.74, 6) is 0.272. The number of halogens is 1. The van der Waals surface area contributed by atoms with Gasteiger partial charge in [-0.25, -0.2) is 14.4 Å². The molecule has 3 heterocycles.